The molecule has 0 fully saturated rings. The van der Waals surface area contributed by atoms with Crippen molar-refractivity contribution in [1.82, 2.24) is 10.6 Å². The largest absolute Gasteiger partial charge is 0.755 e. The number of hydrogen-bond acceptors (Lipinski definition) is 5. The van der Waals surface area contributed by atoms with E-state index in [4.69, 9.17) is 4.74 Å². The molecule has 9 heteroatoms. The average Bonchev–Trinajstić information content (AvgIpc) is 2.67. The van der Waals surface area contributed by atoms with Crippen LogP contribution in [0.5, 0.6) is 0 Å². The number of rotatable bonds is 8. The zero-order valence-corrected chi connectivity index (χ0v) is 15.5. The highest BCUT2D eigenvalue weighted by Crippen LogP contribution is 2.12. The van der Waals surface area contributed by atoms with Crippen LogP contribution in [-0.4, -0.2) is 33.9 Å². The summed E-state index contributed by atoms with van der Waals surface area (Å²) in [7, 11) is 1.48. The zero-order valence-electron chi connectivity index (χ0n) is 14.6. The molecule has 2 amide bonds. The molecule has 2 atom stereocenters. The van der Waals surface area contributed by atoms with Crippen LogP contribution in [0.25, 0.3) is 0 Å². The summed E-state index contributed by atoms with van der Waals surface area (Å²) in [6, 6.07) is 14.8. The van der Waals surface area contributed by atoms with Crippen molar-refractivity contribution in [3.63, 3.8) is 0 Å². The van der Waals surface area contributed by atoms with Crippen molar-refractivity contribution in [3.05, 3.63) is 65.7 Å². The molecular formula is C18H20N3O5S-. The van der Waals surface area contributed by atoms with Crippen LogP contribution in [0.2, 0.25) is 0 Å². The van der Waals surface area contributed by atoms with E-state index in [1.54, 1.807) is 24.3 Å². The molecule has 2 aromatic carbocycles. The summed E-state index contributed by atoms with van der Waals surface area (Å²) in [5.74, 6) is -0.366. The number of anilines is 1. The number of carbonyl (C=O) groups excluding carboxylic acids is 2. The van der Waals surface area contributed by atoms with E-state index in [1.165, 1.54) is 7.05 Å². The van der Waals surface area contributed by atoms with Crippen LogP contribution in [0.1, 0.15) is 11.1 Å². The van der Waals surface area contributed by atoms with E-state index in [-0.39, 0.29) is 18.9 Å². The number of likely N-dealkylation sites (N-methyl/N-ethyl adjacent to an activating group) is 1. The molecule has 2 rings (SSSR count). The minimum absolute atomic E-state index is 0.0971. The average molecular weight is 390 g/mol. The Labute approximate surface area is 159 Å². The molecule has 144 valence electrons. The summed E-state index contributed by atoms with van der Waals surface area (Å²) in [4.78, 5) is 24.1. The molecule has 0 saturated heterocycles. The number of ether oxygens (including phenoxy) is 1. The fraction of sp³-hybridized carbons (Fsp3) is 0.222. The highest BCUT2D eigenvalue weighted by molar-refractivity contribution is 7.80. The lowest BCUT2D eigenvalue weighted by Gasteiger charge is -2.18. The van der Waals surface area contributed by atoms with E-state index in [0.29, 0.717) is 5.69 Å². The van der Waals surface area contributed by atoms with Crippen molar-refractivity contribution < 1.29 is 23.1 Å². The molecule has 0 saturated carbocycles. The molecule has 0 heterocycles. The van der Waals surface area contributed by atoms with Crippen LogP contribution < -0.4 is 15.4 Å². The Morgan fingerprint density at radius 2 is 1.74 bits per heavy atom. The molecule has 3 N–H and O–H groups in total. The number of benzene rings is 2. The maximum Gasteiger partial charge on any atom is 0.408 e. The summed E-state index contributed by atoms with van der Waals surface area (Å²) in [6.45, 7) is 0.0971. The Morgan fingerprint density at radius 1 is 1.07 bits per heavy atom. The second-order valence-corrected chi connectivity index (χ2v) is 6.28. The van der Waals surface area contributed by atoms with Crippen LogP contribution >= 0.6 is 0 Å². The van der Waals surface area contributed by atoms with Crippen molar-refractivity contribution in [2.24, 2.45) is 0 Å². The van der Waals surface area contributed by atoms with Crippen molar-refractivity contribution >= 4 is 29.0 Å². The fourth-order valence-corrected chi connectivity index (χ4v) is 2.66. The van der Waals surface area contributed by atoms with Gasteiger partial charge in [0.15, 0.2) is 0 Å². The normalized spacial score (nSPS) is 12.5. The lowest BCUT2D eigenvalue weighted by Crippen LogP contribution is -2.47. The predicted octanol–water partition coefficient (Wildman–Crippen LogP) is 1.48. The molecule has 0 aromatic heterocycles. The maximum atomic E-state index is 12.1. The summed E-state index contributed by atoms with van der Waals surface area (Å²) in [5, 5.41) is 5.04. The monoisotopic (exact) mass is 390 g/mol. The predicted molar refractivity (Wildman–Crippen MR) is 100 cm³/mol. The third-order valence-corrected chi connectivity index (χ3v) is 4.07. The van der Waals surface area contributed by atoms with E-state index in [1.807, 2.05) is 30.3 Å². The number of carbonyl (C=O) groups is 2. The van der Waals surface area contributed by atoms with E-state index >= 15 is 0 Å². The van der Waals surface area contributed by atoms with Gasteiger partial charge >= 0.3 is 6.09 Å². The standard InChI is InChI=1S/C18H21N3O5S/c1-19-17(22)16(11-13-7-9-15(10-8-13)21-27(24)25)20-18(23)26-12-14-5-3-2-4-6-14/h2-10,16,21H,11-12H2,1H3,(H,19,22)(H,20,23)(H,24,25)/p-1. The minimum atomic E-state index is -2.41. The van der Waals surface area contributed by atoms with Gasteiger partial charge in [0.25, 0.3) is 0 Å². The van der Waals surface area contributed by atoms with Gasteiger partial charge in [-0.1, -0.05) is 42.5 Å². The number of hydrogen-bond donors (Lipinski definition) is 3. The van der Waals surface area contributed by atoms with E-state index < -0.39 is 23.4 Å². The summed E-state index contributed by atoms with van der Waals surface area (Å²) in [5.41, 5.74) is 1.98. The van der Waals surface area contributed by atoms with Gasteiger partial charge in [-0.25, -0.2) is 4.79 Å². The van der Waals surface area contributed by atoms with Gasteiger partial charge in [-0.05, 0) is 23.3 Å². The third kappa shape index (κ3) is 7.08. The van der Waals surface area contributed by atoms with E-state index in [0.717, 1.165) is 11.1 Å². The van der Waals surface area contributed by atoms with Crippen LogP contribution in [0.4, 0.5) is 10.5 Å². The second-order valence-electron chi connectivity index (χ2n) is 5.61. The van der Waals surface area contributed by atoms with Crippen molar-refractivity contribution in [1.29, 1.82) is 0 Å². The van der Waals surface area contributed by atoms with Crippen molar-refractivity contribution in [3.8, 4) is 0 Å². The molecule has 2 aromatic rings. The highest BCUT2D eigenvalue weighted by atomic mass is 32.2. The van der Waals surface area contributed by atoms with Crippen LogP contribution in [0.15, 0.2) is 54.6 Å². The minimum Gasteiger partial charge on any atom is -0.755 e. The zero-order chi connectivity index (χ0) is 19.6. The maximum absolute atomic E-state index is 12.1. The summed E-state index contributed by atoms with van der Waals surface area (Å²) in [6.07, 6.45) is -0.478. The lowest BCUT2D eigenvalue weighted by atomic mass is 10.1. The first-order valence-corrected chi connectivity index (χ1v) is 9.19. The first-order chi connectivity index (χ1) is 13.0. The molecule has 0 spiro atoms. The van der Waals surface area contributed by atoms with Crippen molar-refractivity contribution in [2.45, 2.75) is 19.1 Å². The van der Waals surface area contributed by atoms with Gasteiger partial charge in [-0.15, -0.1) is 0 Å². The molecule has 0 aliphatic carbocycles. The van der Waals surface area contributed by atoms with Crippen LogP contribution in [-0.2, 0) is 33.8 Å². The number of nitrogens with one attached hydrogen (secondary N) is 3. The molecule has 0 aliphatic rings. The first kappa shape index (κ1) is 20.4. The Balaban J connectivity index is 1.95. The number of amides is 2. The van der Waals surface area contributed by atoms with Gasteiger partial charge in [-0.2, -0.15) is 0 Å². The van der Waals surface area contributed by atoms with Crippen LogP contribution in [0.3, 0.4) is 0 Å². The number of alkyl carbamates (subject to hydrolysis) is 1. The van der Waals surface area contributed by atoms with Gasteiger partial charge in [0, 0.05) is 30.4 Å². The van der Waals surface area contributed by atoms with Crippen molar-refractivity contribution in [2.75, 3.05) is 11.8 Å². The molecule has 0 aliphatic heterocycles. The SMILES string of the molecule is CNC(=O)C(Cc1ccc(NS(=O)[O-])cc1)NC(=O)OCc1ccccc1. The summed E-state index contributed by atoms with van der Waals surface area (Å²) >= 11 is -2.41. The topological polar surface area (TPSA) is 120 Å². The summed E-state index contributed by atoms with van der Waals surface area (Å²) < 4.78 is 28.6. The van der Waals surface area contributed by atoms with E-state index in [2.05, 4.69) is 15.4 Å². The quantitative estimate of drug-likeness (QED) is 0.590. The van der Waals surface area contributed by atoms with Gasteiger partial charge < -0.3 is 24.6 Å². The molecule has 0 bridgehead atoms. The second kappa shape index (κ2) is 10.3. The molecule has 8 nitrogen and oxygen atoms in total. The molecule has 27 heavy (non-hydrogen) atoms. The Morgan fingerprint density at radius 3 is 2.33 bits per heavy atom. The molecule has 2 unspecified atom stereocenters. The highest BCUT2D eigenvalue weighted by Gasteiger charge is 2.21. The van der Waals surface area contributed by atoms with E-state index in [9.17, 15) is 18.4 Å². The third-order valence-electron chi connectivity index (χ3n) is 3.66. The van der Waals surface area contributed by atoms with Gasteiger partial charge in [0.2, 0.25) is 5.91 Å². The Kier molecular flexibility index (Phi) is 7.78. The van der Waals surface area contributed by atoms with Gasteiger partial charge in [0.05, 0.1) is 0 Å². The van der Waals surface area contributed by atoms with Crippen LogP contribution in [0, 0.1) is 0 Å². The van der Waals surface area contributed by atoms with Gasteiger partial charge in [0.1, 0.15) is 12.6 Å². The Bertz CT molecular complexity index is 783. The first-order valence-electron chi connectivity index (χ1n) is 8.11. The lowest BCUT2D eigenvalue weighted by molar-refractivity contribution is -0.122. The molecular weight excluding hydrogens is 370 g/mol. The van der Waals surface area contributed by atoms with Gasteiger partial charge in [-0.3, -0.25) is 9.00 Å². The Hall–Kier alpha value is -2.91. The molecule has 0 radical (unpaired) electrons. The smallest absolute Gasteiger partial charge is 0.408 e. The fourth-order valence-electron chi connectivity index (χ4n) is 2.33.